The first kappa shape index (κ1) is 17.7. The van der Waals surface area contributed by atoms with E-state index in [0.717, 1.165) is 12.8 Å². The molecule has 3 rings (SSSR count). The van der Waals surface area contributed by atoms with Crippen molar-refractivity contribution in [2.75, 3.05) is 13.2 Å². The fourth-order valence-electron chi connectivity index (χ4n) is 3.11. The Morgan fingerprint density at radius 3 is 2.56 bits per heavy atom. The van der Waals surface area contributed by atoms with Gasteiger partial charge in [0.15, 0.2) is 5.82 Å². The molecule has 7 heteroatoms. The highest BCUT2D eigenvalue weighted by Gasteiger charge is 2.32. The second-order valence-electron chi connectivity index (χ2n) is 6.87. The Labute approximate surface area is 147 Å². The zero-order valence-corrected chi connectivity index (χ0v) is 15.2. The highest BCUT2D eigenvalue weighted by molar-refractivity contribution is 5.95. The van der Waals surface area contributed by atoms with Crippen LogP contribution in [-0.2, 0) is 4.74 Å². The topological polar surface area (TPSA) is 90.4 Å². The minimum atomic E-state index is -0.328. The summed E-state index contributed by atoms with van der Waals surface area (Å²) < 4.78 is 16.4. The predicted molar refractivity (Wildman–Crippen MR) is 90.3 cm³/mol. The standard InChI is InChI=1S/C18H25N3O4/c1-10(2)16-20-18(25-21-16)15(13-5-7-23-8-6-13)19-17(22)14-9-11(3)24-12(14)4/h9-10,13,15H,5-8H2,1-4H3,(H,19,22)/t15-/m1/s1. The van der Waals surface area contributed by atoms with E-state index in [1.165, 1.54) is 0 Å². The fraction of sp³-hybridized carbons (Fsp3) is 0.611. The Morgan fingerprint density at radius 2 is 2.00 bits per heavy atom. The van der Waals surface area contributed by atoms with Crippen LogP contribution in [0.25, 0.3) is 0 Å². The molecule has 0 spiro atoms. The van der Waals surface area contributed by atoms with E-state index in [2.05, 4.69) is 15.5 Å². The predicted octanol–water partition coefficient (Wildman–Crippen LogP) is 3.30. The van der Waals surface area contributed by atoms with E-state index in [1.807, 2.05) is 20.8 Å². The largest absolute Gasteiger partial charge is 0.466 e. The lowest BCUT2D eigenvalue weighted by atomic mass is 9.91. The first-order chi connectivity index (χ1) is 12.0. The van der Waals surface area contributed by atoms with Crippen molar-refractivity contribution in [3.63, 3.8) is 0 Å². The molecule has 1 atom stereocenters. The van der Waals surface area contributed by atoms with Crippen molar-refractivity contribution in [3.8, 4) is 0 Å². The molecule has 0 radical (unpaired) electrons. The number of nitrogens with zero attached hydrogens (tertiary/aromatic N) is 2. The van der Waals surface area contributed by atoms with Crippen LogP contribution in [0.1, 0.15) is 72.2 Å². The summed E-state index contributed by atoms with van der Waals surface area (Å²) in [6.45, 7) is 8.97. The van der Waals surface area contributed by atoms with Gasteiger partial charge < -0.3 is 19.0 Å². The third-order valence-corrected chi connectivity index (χ3v) is 4.55. The van der Waals surface area contributed by atoms with Gasteiger partial charge in [0.2, 0.25) is 5.89 Å². The summed E-state index contributed by atoms with van der Waals surface area (Å²) in [5.74, 6) is 2.61. The molecule has 1 N–H and O–H groups in total. The fourth-order valence-corrected chi connectivity index (χ4v) is 3.11. The van der Waals surface area contributed by atoms with E-state index < -0.39 is 0 Å². The minimum absolute atomic E-state index is 0.169. The van der Waals surface area contributed by atoms with E-state index in [1.54, 1.807) is 13.0 Å². The Bertz CT molecular complexity index is 729. The van der Waals surface area contributed by atoms with Crippen LogP contribution in [0.4, 0.5) is 0 Å². The average Bonchev–Trinajstić information content (AvgIpc) is 3.20. The Kier molecular flexibility index (Phi) is 5.22. The third-order valence-electron chi connectivity index (χ3n) is 4.55. The number of hydrogen-bond donors (Lipinski definition) is 1. The van der Waals surface area contributed by atoms with Gasteiger partial charge in [0.05, 0.1) is 5.56 Å². The third kappa shape index (κ3) is 3.92. The lowest BCUT2D eigenvalue weighted by Gasteiger charge is -2.28. The molecule has 136 valence electrons. The maximum atomic E-state index is 12.8. The van der Waals surface area contributed by atoms with Gasteiger partial charge in [-0.05, 0) is 38.7 Å². The van der Waals surface area contributed by atoms with Gasteiger partial charge in [-0.25, -0.2) is 0 Å². The van der Waals surface area contributed by atoms with Gasteiger partial charge in [-0.1, -0.05) is 19.0 Å². The van der Waals surface area contributed by atoms with Gasteiger partial charge in [0.1, 0.15) is 17.6 Å². The number of ether oxygens (including phenoxy) is 1. The van der Waals surface area contributed by atoms with Crippen LogP contribution < -0.4 is 5.32 Å². The molecule has 3 heterocycles. The van der Waals surface area contributed by atoms with Gasteiger partial charge >= 0.3 is 0 Å². The molecular formula is C18H25N3O4. The van der Waals surface area contributed by atoms with E-state index in [9.17, 15) is 4.79 Å². The van der Waals surface area contributed by atoms with Crippen LogP contribution >= 0.6 is 0 Å². The smallest absolute Gasteiger partial charge is 0.255 e. The number of nitrogens with one attached hydrogen (secondary N) is 1. The van der Waals surface area contributed by atoms with Crippen LogP contribution in [0.15, 0.2) is 15.0 Å². The minimum Gasteiger partial charge on any atom is -0.466 e. The summed E-state index contributed by atoms with van der Waals surface area (Å²) in [6.07, 6.45) is 1.68. The Morgan fingerprint density at radius 1 is 1.28 bits per heavy atom. The van der Waals surface area contributed by atoms with E-state index in [0.29, 0.717) is 42.0 Å². The number of carbonyl (C=O) groups excluding carboxylic acids is 1. The highest BCUT2D eigenvalue weighted by atomic mass is 16.5. The van der Waals surface area contributed by atoms with Crippen molar-refractivity contribution in [3.05, 3.63) is 34.9 Å². The normalized spacial score (nSPS) is 17.0. The van der Waals surface area contributed by atoms with Gasteiger partial charge in [0, 0.05) is 19.1 Å². The second-order valence-corrected chi connectivity index (χ2v) is 6.87. The first-order valence-electron chi connectivity index (χ1n) is 8.75. The van der Waals surface area contributed by atoms with Crippen molar-refractivity contribution >= 4 is 5.91 Å². The maximum absolute atomic E-state index is 12.8. The van der Waals surface area contributed by atoms with Crippen LogP contribution in [-0.4, -0.2) is 29.3 Å². The lowest BCUT2D eigenvalue weighted by molar-refractivity contribution is 0.0467. The van der Waals surface area contributed by atoms with Crippen molar-refractivity contribution in [2.45, 2.75) is 52.5 Å². The van der Waals surface area contributed by atoms with E-state index in [-0.39, 0.29) is 23.8 Å². The maximum Gasteiger partial charge on any atom is 0.255 e. The molecule has 0 aliphatic carbocycles. The highest BCUT2D eigenvalue weighted by Crippen LogP contribution is 2.30. The molecule has 0 unspecified atom stereocenters. The van der Waals surface area contributed by atoms with Crippen molar-refractivity contribution in [2.24, 2.45) is 5.92 Å². The quantitative estimate of drug-likeness (QED) is 0.892. The number of amides is 1. The molecule has 1 amide bonds. The molecule has 1 aliphatic heterocycles. The van der Waals surface area contributed by atoms with Crippen LogP contribution in [0.3, 0.4) is 0 Å². The number of furan rings is 1. The number of aryl methyl sites for hydroxylation is 2. The summed E-state index contributed by atoms with van der Waals surface area (Å²) in [6, 6.07) is 1.42. The van der Waals surface area contributed by atoms with Gasteiger partial charge in [-0.3, -0.25) is 4.79 Å². The number of carbonyl (C=O) groups is 1. The molecule has 2 aromatic rings. The zero-order valence-electron chi connectivity index (χ0n) is 15.2. The van der Waals surface area contributed by atoms with Crippen molar-refractivity contribution < 1.29 is 18.5 Å². The number of hydrogen-bond acceptors (Lipinski definition) is 6. The summed E-state index contributed by atoms with van der Waals surface area (Å²) in [5.41, 5.74) is 0.540. The molecule has 2 aromatic heterocycles. The second kappa shape index (κ2) is 7.39. The number of aromatic nitrogens is 2. The molecule has 0 bridgehead atoms. The molecular weight excluding hydrogens is 322 g/mol. The summed E-state index contributed by atoms with van der Waals surface area (Å²) in [5, 5.41) is 7.12. The van der Waals surface area contributed by atoms with Gasteiger partial charge in [-0.15, -0.1) is 0 Å². The first-order valence-corrected chi connectivity index (χ1v) is 8.75. The lowest BCUT2D eigenvalue weighted by Crippen LogP contribution is -2.36. The zero-order chi connectivity index (χ0) is 18.0. The monoisotopic (exact) mass is 347 g/mol. The van der Waals surface area contributed by atoms with Gasteiger partial charge in [0.25, 0.3) is 5.91 Å². The Hall–Kier alpha value is -2.15. The SMILES string of the molecule is Cc1cc(C(=O)N[C@@H](c2nc(C(C)C)no2)C2CCOCC2)c(C)o1. The van der Waals surface area contributed by atoms with E-state index >= 15 is 0 Å². The molecule has 7 nitrogen and oxygen atoms in total. The number of rotatable bonds is 5. The molecule has 1 saturated heterocycles. The van der Waals surface area contributed by atoms with Crippen molar-refractivity contribution in [1.82, 2.24) is 15.5 Å². The Balaban J connectivity index is 1.85. The molecule has 0 saturated carbocycles. The van der Waals surface area contributed by atoms with Crippen molar-refractivity contribution in [1.29, 1.82) is 0 Å². The van der Waals surface area contributed by atoms with E-state index in [4.69, 9.17) is 13.7 Å². The van der Waals surface area contributed by atoms with Crippen LogP contribution in [0.2, 0.25) is 0 Å². The molecule has 25 heavy (non-hydrogen) atoms. The summed E-state index contributed by atoms with van der Waals surface area (Å²) in [4.78, 5) is 17.3. The van der Waals surface area contributed by atoms with Crippen LogP contribution in [0, 0.1) is 19.8 Å². The summed E-state index contributed by atoms with van der Waals surface area (Å²) >= 11 is 0. The summed E-state index contributed by atoms with van der Waals surface area (Å²) in [7, 11) is 0. The molecule has 1 aliphatic rings. The molecule has 0 aromatic carbocycles. The average molecular weight is 347 g/mol. The molecule has 1 fully saturated rings. The van der Waals surface area contributed by atoms with Crippen LogP contribution in [0.5, 0.6) is 0 Å². The van der Waals surface area contributed by atoms with Gasteiger partial charge in [-0.2, -0.15) is 4.98 Å².